The molecule has 0 aliphatic heterocycles. The Balaban J connectivity index is 2.44. The second kappa shape index (κ2) is 3.41. The van der Waals surface area contributed by atoms with Crippen LogP contribution >= 0.6 is 0 Å². The summed E-state index contributed by atoms with van der Waals surface area (Å²) in [7, 11) is 0. The molecule has 0 atom stereocenters. The Hall–Kier alpha value is -1.97. The van der Waals surface area contributed by atoms with Crippen molar-refractivity contribution in [1.82, 2.24) is 9.97 Å². The molecule has 3 nitrogen and oxygen atoms in total. The van der Waals surface area contributed by atoms with Gasteiger partial charge in [-0.2, -0.15) is 0 Å². The molecule has 0 saturated carbocycles. The molecule has 1 heterocycles. The number of aromatic nitrogens is 2. The zero-order valence-corrected chi connectivity index (χ0v) is 7.31. The van der Waals surface area contributed by atoms with Crippen molar-refractivity contribution in [2.75, 3.05) is 5.73 Å². The first-order chi connectivity index (χ1) is 6.75. The number of benzene rings is 1. The zero-order valence-electron chi connectivity index (χ0n) is 7.31. The topological polar surface area (TPSA) is 51.8 Å². The monoisotopic (exact) mass is 189 g/mol. The first kappa shape index (κ1) is 8.62. The summed E-state index contributed by atoms with van der Waals surface area (Å²) in [5.41, 5.74) is 7.01. The molecule has 4 heteroatoms. The molecule has 0 fully saturated rings. The Bertz CT molecular complexity index is 439. The van der Waals surface area contributed by atoms with Gasteiger partial charge in [-0.15, -0.1) is 0 Å². The van der Waals surface area contributed by atoms with E-state index in [0.29, 0.717) is 11.5 Å². The average molecular weight is 189 g/mol. The standard InChI is InChI=1S/C10H8FN3/c11-8-5-13-10(14-6-8)7-2-1-3-9(12)4-7/h1-6H,12H2. The van der Waals surface area contributed by atoms with Crippen molar-refractivity contribution in [2.24, 2.45) is 0 Å². The van der Waals surface area contributed by atoms with E-state index in [1.165, 1.54) is 0 Å². The fraction of sp³-hybridized carbons (Fsp3) is 0. The third kappa shape index (κ3) is 1.69. The molecule has 0 radical (unpaired) electrons. The molecule has 1 aromatic heterocycles. The van der Waals surface area contributed by atoms with E-state index < -0.39 is 5.82 Å². The lowest BCUT2D eigenvalue weighted by atomic mass is 10.2. The van der Waals surface area contributed by atoms with Gasteiger partial charge in [-0.1, -0.05) is 12.1 Å². The summed E-state index contributed by atoms with van der Waals surface area (Å²) >= 11 is 0. The maximum atomic E-state index is 12.5. The van der Waals surface area contributed by atoms with Gasteiger partial charge in [-0.25, -0.2) is 14.4 Å². The fourth-order valence-corrected chi connectivity index (χ4v) is 1.14. The van der Waals surface area contributed by atoms with Gasteiger partial charge in [0.2, 0.25) is 0 Å². The zero-order chi connectivity index (χ0) is 9.97. The average Bonchev–Trinajstić information content (AvgIpc) is 2.19. The van der Waals surface area contributed by atoms with E-state index in [1.54, 1.807) is 18.2 Å². The highest BCUT2D eigenvalue weighted by molar-refractivity contribution is 5.60. The van der Waals surface area contributed by atoms with Crippen molar-refractivity contribution in [1.29, 1.82) is 0 Å². The molecule has 0 aliphatic carbocycles. The molecule has 0 aliphatic rings. The highest BCUT2D eigenvalue weighted by Crippen LogP contribution is 2.16. The molecule has 0 bridgehead atoms. The van der Waals surface area contributed by atoms with Crippen molar-refractivity contribution in [3.05, 3.63) is 42.5 Å². The van der Waals surface area contributed by atoms with Crippen LogP contribution in [0.3, 0.4) is 0 Å². The molecule has 0 unspecified atom stereocenters. The lowest BCUT2D eigenvalue weighted by molar-refractivity contribution is 0.614. The first-order valence-electron chi connectivity index (χ1n) is 4.09. The smallest absolute Gasteiger partial charge is 0.159 e. The Labute approximate surface area is 80.4 Å². The van der Waals surface area contributed by atoms with Gasteiger partial charge < -0.3 is 5.73 Å². The van der Waals surface area contributed by atoms with E-state index in [0.717, 1.165) is 18.0 Å². The number of halogens is 1. The number of hydrogen-bond donors (Lipinski definition) is 1. The van der Waals surface area contributed by atoms with Crippen LogP contribution in [-0.4, -0.2) is 9.97 Å². The second-order valence-corrected chi connectivity index (χ2v) is 2.85. The maximum absolute atomic E-state index is 12.5. The summed E-state index contributed by atoms with van der Waals surface area (Å²) in [5.74, 6) is 0.0244. The number of rotatable bonds is 1. The molecule has 14 heavy (non-hydrogen) atoms. The van der Waals surface area contributed by atoms with E-state index in [1.807, 2.05) is 6.07 Å². The van der Waals surface area contributed by atoms with Crippen molar-refractivity contribution < 1.29 is 4.39 Å². The van der Waals surface area contributed by atoms with Crippen LogP contribution in [0, 0.1) is 5.82 Å². The number of nitrogens with zero attached hydrogens (tertiary/aromatic N) is 2. The van der Waals surface area contributed by atoms with Crippen LogP contribution in [0.1, 0.15) is 0 Å². The summed E-state index contributed by atoms with van der Waals surface area (Å²) in [4.78, 5) is 7.70. The van der Waals surface area contributed by atoms with E-state index in [4.69, 9.17) is 5.73 Å². The summed E-state index contributed by atoms with van der Waals surface area (Å²) in [6, 6.07) is 7.14. The molecule has 0 spiro atoms. The lowest BCUT2D eigenvalue weighted by Crippen LogP contribution is -1.91. The van der Waals surface area contributed by atoms with Crippen LogP contribution in [0.25, 0.3) is 11.4 Å². The van der Waals surface area contributed by atoms with Crippen LogP contribution in [0.5, 0.6) is 0 Å². The molecular formula is C10H8FN3. The van der Waals surface area contributed by atoms with Crippen molar-refractivity contribution in [2.45, 2.75) is 0 Å². The quantitative estimate of drug-likeness (QED) is 0.696. The predicted octanol–water partition coefficient (Wildman–Crippen LogP) is 1.86. The molecule has 2 rings (SSSR count). The van der Waals surface area contributed by atoms with Gasteiger partial charge in [-0.3, -0.25) is 0 Å². The minimum absolute atomic E-state index is 0.447. The van der Waals surface area contributed by atoms with Crippen LogP contribution in [-0.2, 0) is 0 Å². The van der Waals surface area contributed by atoms with Crippen LogP contribution < -0.4 is 5.73 Å². The highest BCUT2D eigenvalue weighted by atomic mass is 19.1. The molecule has 1 aromatic carbocycles. The number of hydrogen-bond acceptors (Lipinski definition) is 3. The molecule has 2 N–H and O–H groups in total. The number of nitrogen functional groups attached to an aromatic ring is 1. The Morgan fingerprint density at radius 2 is 1.86 bits per heavy atom. The van der Waals surface area contributed by atoms with Crippen molar-refractivity contribution in [3.8, 4) is 11.4 Å². The van der Waals surface area contributed by atoms with Gasteiger partial charge in [0.25, 0.3) is 0 Å². The van der Waals surface area contributed by atoms with E-state index in [2.05, 4.69) is 9.97 Å². The third-order valence-corrected chi connectivity index (χ3v) is 1.77. The summed E-state index contributed by atoms with van der Waals surface area (Å²) in [6.45, 7) is 0. The molecule has 2 aromatic rings. The molecule has 0 amide bonds. The molecule has 0 saturated heterocycles. The van der Waals surface area contributed by atoms with Crippen LogP contribution in [0.2, 0.25) is 0 Å². The van der Waals surface area contributed by atoms with Gasteiger partial charge in [0.05, 0.1) is 12.4 Å². The van der Waals surface area contributed by atoms with E-state index >= 15 is 0 Å². The van der Waals surface area contributed by atoms with Gasteiger partial charge >= 0.3 is 0 Å². The number of anilines is 1. The van der Waals surface area contributed by atoms with E-state index in [-0.39, 0.29) is 0 Å². The Morgan fingerprint density at radius 1 is 1.14 bits per heavy atom. The minimum Gasteiger partial charge on any atom is -0.399 e. The Kier molecular flexibility index (Phi) is 2.10. The summed E-state index contributed by atoms with van der Waals surface area (Å²) < 4.78 is 12.5. The minimum atomic E-state index is -0.447. The van der Waals surface area contributed by atoms with Gasteiger partial charge in [0, 0.05) is 11.3 Å². The third-order valence-electron chi connectivity index (χ3n) is 1.77. The summed E-state index contributed by atoms with van der Waals surface area (Å²) in [6.07, 6.45) is 2.26. The maximum Gasteiger partial charge on any atom is 0.159 e. The highest BCUT2D eigenvalue weighted by Gasteiger charge is 2.00. The van der Waals surface area contributed by atoms with Gasteiger partial charge in [0.15, 0.2) is 11.6 Å². The lowest BCUT2D eigenvalue weighted by Gasteiger charge is -1.99. The predicted molar refractivity (Wildman–Crippen MR) is 51.8 cm³/mol. The van der Waals surface area contributed by atoms with E-state index in [9.17, 15) is 4.39 Å². The SMILES string of the molecule is Nc1cccc(-c2ncc(F)cn2)c1. The van der Waals surface area contributed by atoms with Crippen LogP contribution in [0.4, 0.5) is 10.1 Å². The first-order valence-corrected chi connectivity index (χ1v) is 4.09. The Morgan fingerprint density at radius 3 is 2.50 bits per heavy atom. The van der Waals surface area contributed by atoms with Gasteiger partial charge in [-0.05, 0) is 12.1 Å². The van der Waals surface area contributed by atoms with Crippen LogP contribution in [0.15, 0.2) is 36.7 Å². The number of nitrogens with two attached hydrogens (primary N) is 1. The molecule has 70 valence electrons. The fourth-order valence-electron chi connectivity index (χ4n) is 1.14. The normalized spacial score (nSPS) is 10.1. The largest absolute Gasteiger partial charge is 0.399 e. The molecular weight excluding hydrogens is 181 g/mol. The van der Waals surface area contributed by atoms with Crippen molar-refractivity contribution >= 4 is 5.69 Å². The van der Waals surface area contributed by atoms with Gasteiger partial charge in [0.1, 0.15) is 0 Å². The summed E-state index contributed by atoms with van der Waals surface area (Å²) in [5, 5.41) is 0. The second-order valence-electron chi connectivity index (χ2n) is 2.85. The van der Waals surface area contributed by atoms with Crippen molar-refractivity contribution in [3.63, 3.8) is 0 Å².